The highest BCUT2D eigenvalue weighted by molar-refractivity contribution is 8.14. The van der Waals surface area contributed by atoms with Gasteiger partial charge < -0.3 is 0 Å². The van der Waals surface area contributed by atoms with Crippen molar-refractivity contribution in [2.75, 3.05) is 5.88 Å². The molecule has 0 aliphatic carbocycles. The van der Waals surface area contributed by atoms with Crippen molar-refractivity contribution in [2.24, 2.45) is 10.9 Å². The van der Waals surface area contributed by atoms with Crippen molar-refractivity contribution in [2.45, 2.75) is 0 Å². The first kappa shape index (κ1) is 7.64. The van der Waals surface area contributed by atoms with Crippen molar-refractivity contribution in [3.8, 4) is 0 Å². The summed E-state index contributed by atoms with van der Waals surface area (Å²) in [4.78, 5) is 0. The van der Waals surface area contributed by atoms with Crippen LogP contribution in [0.4, 0.5) is 0 Å². The van der Waals surface area contributed by atoms with Crippen LogP contribution in [0.1, 0.15) is 5.56 Å². The first-order valence-corrected chi connectivity index (χ1v) is 4.64. The van der Waals surface area contributed by atoms with Crippen LogP contribution in [0, 0.1) is 0 Å². The molecule has 0 aromatic heterocycles. The van der Waals surface area contributed by atoms with Crippen molar-refractivity contribution in [1.29, 1.82) is 0 Å². The van der Waals surface area contributed by atoms with Gasteiger partial charge in [-0.25, -0.2) is 11.0 Å². The van der Waals surface area contributed by atoms with Crippen LogP contribution in [0.3, 0.4) is 0 Å². The van der Waals surface area contributed by atoms with E-state index in [0.717, 1.165) is 16.5 Å². The van der Waals surface area contributed by atoms with E-state index in [1.165, 1.54) is 5.12 Å². The molecule has 1 aromatic carbocycles. The maximum absolute atomic E-state index is 5.49. The fraction of sp³-hybridized carbons (Fsp3) is 0.125. The second-order valence-corrected chi connectivity index (χ2v) is 3.42. The van der Waals surface area contributed by atoms with Gasteiger partial charge in [-0.3, -0.25) is 0 Å². The predicted octanol–water partition coefficient (Wildman–Crippen LogP) is 1.23. The van der Waals surface area contributed by atoms with E-state index >= 15 is 0 Å². The standard InChI is InChI=1S/C8H9N3S/c9-11-6-12-8(10-11)7-4-2-1-3-5-7/h1-5H,6,9H2. The smallest absolute Gasteiger partial charge is 0.127 e. The summed E-state index contributed by atoms with van der Waals surface area (Å²) < 4.78 is 0. The van der Waals surface area contributed by atoms with Crippen LogP contribution in [0.15, 0.2) is 35.4 Å². The van der Waals surface area contributed by atoms with Crippen molar-refractivity contribution in [3.63, 3.8) is 0 Å². The van der Waals surface area contributed by atoms with Gasteiger partial charge in [0.25, 0.3) is 0 Å². The van der Waals surface area contributed by atoms with Crippen molar-refractivity contribution < 1.29 is 0 Å². The van der Waals surface area contributed by atoms with Crippen molar-refractivity contribution in [3.05, 3.63) is 35.9 Å². The number of benzene rings is 1. The Labute approximate surface area is 75.2 Å². The minimum atomic E-state index is 0.740. The van der Waals surface area contributed by atoms with E-state index in [9.17, 15) is 0 Å². The minimum absolute atomic E-state index is 0.740. The molecule has 0 radical (unpaired) electrons. The molecule has 62 valence electrons. The molecular formula is C8H9N3S. The lowest BCUT2D eigenvalue weighted by atomic mass is 10.2. The van der Waals surface area contributed by atoms with Crippen molar-refractivity contribution in [1.82, 2.24) is 5.12 Å². The summed E-state index contributed by atoms with van der Waals surface area (Å²) in [7, 11) is 0. The van der Waals surface area contributed by atoms with Gasteiger partial charge in [0, 0.05) is 5.56 Å². The monoisotopic (exact) mass is 179 g/mol. The SMILES string of the molecule is NN1CSC(c2ccccc2)=N1. The molecule has 1 aliphatic rings. The van der Waals surface area contributed by atoms with E-state index in [-0.39, 0.29) is 0 Å². The normalized spacial score (nSPS) is 16.4. The summed E-state index contributed by atoms with van der Waals surface area (Å²) in [5.74, 6) is 6.23. The van der Waals surface area contributed by atoms with Crippen LogP contribution in [0.2, 0.25) is 0 Å². The zero-order valence-electron chi connectivity index (χ0n) is 6.47. The topological polar surface area (TPSA) is 41.6 Å². The third-order valence-electron chi connectivity index (χ3n) is 1.57. The van der Waals surface area contributed by atoms with Gasteiger partial charge in [0.2, 0.25) is 0 Å². The van der Waals surface area contributed by atoms with Crippen molar-refractivity contribution >= 4 is 16.8 Å². The molecule has 0 bridgehead atoms. The largest absolute Gasteiger partial charge is 0.230 e. The van der Waals surface area contributed by atoms with E-state index < -0.39 is 0 Å². The first-order valence-electron chi connectivity index (χ1n) is 3.65. The molecule has 0 unspecified atom stereocenters. The molecule has 2 rings (SSSR count). The molecule has 0 amide bonds. The summed E-state index contributed by atoms with van der Waals surface area (Å²) >= 11 is 1.65. The Morgan fingerprint density at radius 1 is 1.33 bits per heavy atom. The van der Waals surface area contributed by atoms with Gasteiger partial charge in [-0.2, -0.15) is 5.10 Å². The van der Waals surface area contributed by atoms with Crippen LogP contribution in [0.5, 0.6) is 0 Å². The van der Waals surface area contributed by atoms with E-state index in [1.54, 1.807) is 11.8 Å². The molecule has 1 heterocycles. The van der Waals surface area contributed by atoms with Crippen LogP contribution < -0.4 is 5.84 Å². The predicted molar refractivity (Wildman–Crippen MR) is 51.5 cm³/mol. The second kappa shape index (κ2) is 3.16. The zero-order chi connectivity index (χ0) is 8.39. The highest BCUT2D eigenvalue weighted by Gasteiger charge is 2.12. The maximum Gasteiger partial charge on any atom is 0.127 e. The highest BCUT2D eigenvalue weighted by Crippen LogP contribution is 2.19. The van der Waals surface area contributed by atoms with Crippen LogP contribution in [-0.2, 0) is 0 Å². The molecule has 1 aliphatic heterocycles. The molecule has 3 nitrogen and oxygen atoms in total. The molecule has 0 spiro atoms. The Bertz CT molecular complexity index is 296. The number of hydrazone groups is 1. The average Bonchev–Trinajstić information content (AvgIpc) is 2.54. The van der Waals surface area contributed by atoms with E-state index in [4.69, 9.17) is 5.84 Å². The fourth-order valence-electron chi connectivity index (χ4n) is 1.02. The molecular weight excluding hydrogens is 170 g/mol. The number of thioether (sulfide) groups is 1. The maximum atomic E-state index is 5.49. The summed E-state index contributed by atoms with van der Waals surface area (Å²) in [5.41, 5.74) is 1.13. The molecule has 1 aromatic rings. The lowest BCUT2D eigenvalue weighted by Gasteiger charge is -1.99. The molecule has 0 saturated carbocycles. The second-order valence-electron chi connectivity index (χ2n) is 2.48. The summed E-state index contributed by atoms with van der Waals surface area (Å²) in [6.07, 6.45) is 0. The van der Waals surface area contributed by atoms with E-state index in [0.29, 0.717) is 0 Å². The van der Waals surface area contributed by atoms with Gasteiger partial charge >= 0.3 is 0 Å². The van der Waals surface area contributed by atoms with Crippen LogP contribution >= 0.6 is 11.8 Å². The third kappa shape index (κ3) is 1.44. The van der Waals surface area contributed by atoms with Gasteiger partial charge in [0.15, 0.2) is 0 Å². The lowest BCUT2D eigenvalue weighted by molar-refractivity contribution is 0.364. The van der Waals surface area contributed by atoms with Crippen LogP contribution in [-0.4, -0.2) is 16.0 Å². The quantitative estimate of drug-likeness (QED) is 0.659. The molecule has 0 fully saturated rings. The van der Waals surface area contributed by atoms with Gasteiger partial charge in [-0.15, -0.1) is 0 Å². The van der Waals surface area contributed by atoms with E-state index in [1.807, 2.05) is 30.3 Å². The van der Waals surface area contributed by atoms with Gasteiger partial charge in [-0.05, 0) is 0 Å². The number of nitrogens with zero attached hydrogens (tertiary/aromatic N) is 2. The Morgan fingerprint density at radius 2 is 2.08 bits per heavy atom. The molecule has 4 heteroatoms. The fourth-order valence-corrected chi connectivity index (χ4v) is 1.80. The molecule has 2 N–H and O–H groups in total. The minimum Gasteiger partial charge on any atom is -0.230 e. The van der Waals surface area contributed by atoms with E-state index in [2.05, 4.69) is 5.10 Å². The summed E-state index contributed by atoms with van der Waals surface area (Å²) in [5, 5.41) is 6.60. The lowest BCUT2D eigenvalue weighted by Crippen LogP contribution is -2.20. The Balaban J connectivity index is 2.27. The average molecular weight is 179 g/mol. The number of nitrogens with two attached hydrogens (primary N) is 1. The Kier molecular flexibility index (Phi) is 2.01. The summed E-state index contributed by atoms with van der Waals surface area (Å²) in [6.45, 7) is 0. The number of hydrazine groups is 1. The highest BCUT2D eigenvalue weighted by atomic mass is 32.2. The molecule has 12 heavy (non-hydrogen) atoms. The van der Waals surface area contributed by atoms with Gasteiger partial charge in [-0.1, -0.05) is 42.1 Å². The molecule has 0 atom stereocenters. The van der Waals surface area contributed by atoms with Gasteiger partial charge in [0.05, 0.1) is 0 Å². The summed E-state index contributed by atoms with van der Waals surface area (Å²) in [6, 6.07) is 10.1. The number of rotatable bonds is 1. The van der Waals surface area contributed by atoms with Crippen LogP contribution in [0.25, 0.3) is 0 Å². The Hall–Kier alpha value is -1.00. The Morgan fingerprint density at radius 3 is 2.67 bits per heavy atom. The first-order chi connectivity index (χ1) is 5.86. The number of hydrogen-bond acceptors (Lipinski definition) is 4. The third-order valence-corrected chi connectivity index (χ3v) is 2.56. The van der Waals surface area contributed by atoms with Gasteiger partial charge in [0.1, 0.15) is 10.9 Å². The number of hydrogen-bond donors (Lipinski definition) is 1. The molecule has 0 saturated heterocycles. The zero-order valence-corrected chi connectivity index (χ0v) is 7.29.